The van der Waals surface area contributed by atoms with Gasteiger partial charge in [0.2, 0.25) is 5.28 Å². The monoisotopic (exact) mass is 293 g/mol. The Kier molecular flexibility index (Phi) is 3.59. The van der Waals surface area contributed by atoms with E-state index in [1.54, 1.807) is 11.8 Å². The number of nitrogens with one attached hydrogen (secondary N) is 1. The number of benzene rings is 1. The van der Waals surface area contributed by atoms with Gasteiger partial charge in [-0.3, -0.25) is 0 Å². The number of aliphatic hydroxyl groups is 1. The number of halogens is 1. The third kappa shape index (κ3) is 2.68. The van der Waals surface area contributed by atoms with Crippen LogP contribution >= 0.6 is 23.4 Å². The molecule has 0 radical (unpaired) electrons. The maximum atomic E-state index is 9.02. The zero-order valence-corrected chi connectivity index (χ0v) is 11.6. The van der Waals surface area contributed by atoms with Crippen LogP contribution in [0.4, 0.5) is 11.5 Å². The third-order valence-corrected chi connectivity index (χ3v) is 4.19. The van der Waals surface area contributed by atoms with E-state index in [4.69, 9.17) is 16.7 Å². The molecule has 2 N–H and O–H groups in total. The molecule has 0 bridgehead atoms. The topological polar surface area (TPSA) is 58.0 Å². The standard InChI is InChI=1S/C13H12ClN3OS/c14-13-16-10-5-6-19-11(10)12(17-13)15-9-3-1-8(7-18)2-4-9/h1-4,18H,5-7H2,(H,15,16,17). The Morgan fingerprint density at radius 2 is 2.05 bits per heavy atom. The Labute approximate surface area is 120 Å². The Hall–Kier alpha value is -1.30. The molecule has 4 nitrogen and oxygen atoms in total. The molecule has 19 heavy (non-hydrogen) atoms. The third-order valence-electron chi connectivity index (χ3n) is 2.89. The molecule has 1 aromatic carbocycles. The Balaban J connectivity index is 1.90. The van der Waals surface area contributed by atoms with Gasteiger partial charge < -0.3 is 10.4 Å². The fourth-order valence-corrected chi connectivity index (χ4v) is 3.19. The number of anilines is 2. The van der Waals surface area contributed by atoms with E-state index < -0.39 is 0 Å². The number of hydrogen-bond acceptors (Lipinski definition) is 5. The molecule has 2 heterocycles. The van der Waals surface area contributed by atoms with E-state index in [9.17, 15) is 0 Å². The van der Waals surface area contributed by atoms with E-state index in [1.165, 1.54) is 0 Å². The first-order valence-electron chi connectivity index (χ1n) is 5.92. The molecule has 0 saturated carbocycles. The zero-order chi connectivity index (χ0) is 13.2. The molecular formula is C13H12ClN3OS. The van der Waals surface area contributed by atoms with E-state index >= 15 is 0 Å². The van der Waals surface area contributed by atoms with Crippen LogP contribution in [-0.4, -0.2) is 20.8 Å². The van der Waals surface area contributed by atoms with Crippen molar-refractivity contribution in [1.82, 2.24) is 9.97 Å². The van der Waals surface area contributed by atoms with E-state index in [0.29, 0.717) is 0 Å². The first kappa shape index (κ1) is 12.7. The number of aliphatic hydroxyl groups excluding tert-OH is 1. The van der Waals surface area contributed by atoms with Crippen LogP contribution in [0.25, 0.3) is 0 Å². The van der Waals surface area contributed by atoms with Gasteiger partial charge in [0.15, 0.2) is 0 Å². The molecular weight excluding hydrogens is 282 g/mol. The normalized spacial score (nSPS) is 13.4. The average Bonchev–Trinajstić information content (AvgIpc) is 2.88. The number of aryl methyl sites for hydroxylation is 1. The number of fused-ring (bicyclic) bond motifs is 1. The minimum atomic E-state index is 0.0465. The summed E-state index contributed by atoms with van der Waals surface area (Å²) >= 11 is 7.68. The maximum Gasteiger partial charge on any atom is 0.224 e. The Bertz CT molecular complexity index is 604. The van der Waals surface area contributed by atoms with E-state index in [1.807, 2.05) is 24.3 Å². The summed E-state index contributed by atoms with van der Waals surface area (Å²) in [6.07, 6.45) is 0.931. The van der Waals surface area contributed by atoms with E-state index in [-0.39, 0.29) is 11.9 Å². The van der Waals surface area contributed by atoms with Crippen LogP contribution in [0.1, 0.15) is 11.3 Å². The summed E-state index contributed by atoms with van der Waals surface area (Å²) in [6.45, 7) is 0.0465. The fourth-order valence-electron chi connectivity index (χ4n) is 1.95. The highest BCUT2D eigenvalue weighted by Gasteiger charge is 2.19. The van der Waals surface area contributed by atoms with Crippen molar-refractivity contribution in [1.29, 1.82) is 0 Å². The van der Waals surface area contributed by atoms with Gasteiger partial charge in [-0.1, -0.05) is 12.1 Å². The second-order valence-corrected chi connectivity index (χ2v) is 5.64. The van der Waals surface area contributed by atoms with Crippen LogP contribution in [0.2, 0.25) is 5.28 Å². The molecule has 1 aliphatic heterocycles. The average molecular weight is 294 g/mol. The quantitative estimate of drug-likeness (QED) is 0.852. The van der Waals surface area contributed by atoms with Crippen molar-refractivity contribution < 1.29 is 5.11 Å². The maximum absolute atomic E-state index is 9.02. The van der Waals surface area contributed by atoms with Gasteiger partial charge in [0.1, 0.15) is 5.82 Å². The highest BCUT2D eigenvalue weighted by Crippen LogP contribution is 2.37. The first-order chi connectivity index (χ1) is 9.26. The lowest BCUT2D eigenvalue weighted by Gasteiger charge is -2.10. The number of hydrogen-bond donors (Lipinski definition) is 2. The van der Waals surface area contributed by atoms with Crippen molar-refractivity contribution in [2.24, 2.45) is 0 Å². The lowest BCUT2D eigenvalue weighted by Crippen LogP contribution is -2.00. The highest BCUT2D eigenvalue weighted by molar-refractivity contribution is 7.99. The molecule has 3 rings (SSSR count). The summed E-state index contributed by atoms with van der Waals surface area (Å²) in [4.78, 5) is 9.58. The molecule has 0 unspecified atom stereocenters. The minimum Gasteiger partial charge on any atom is -0.392 e. The van der Waals surface area contributed by atoms with Crippen LogP contribution in [0.15, 0.2) is 29.2 Å². The Morgan fingerprint density at radius 3 is 2.79 bits per heavy atom. The van der Waals surface area contributed by atoms with E-state index in [0.717, 1.165) is 39.8 Å². The molecule has 0 aliphatic carbocycles. The van der Waals surface area contributed by atoms with Crippen LogP contribution < -0.4 is 5.32 Å². The van der Waals surface area contributed by atoms with Gasteiger partial charge in [-0.2, -0.15) is 4.98 Å². The second kappa shape index (κ2) is 5.36. The summed E-state index contributed by atoms with van der Waals surface area (Å²) in [5.74, 6) is 1.77. The summed E-state index contributed by atoms with van der Waals surface area (Å²) in [7, 11) is 0. The summed E-state index contributed by atoms with van der Waals surface area (Å²) in [6, 6.07) is 7.57. The van der Waals surface area contributed by atoms with E-state index in [2.05, 4.69) is 15.3 Å². The molecule has 0 fully saturated rings. The molecule has 1 aromatic heterocycles. The number of thioether (sulfide) groups is 1. The smallest absolute Gasteiger partial charge is 0.224 e. The number of rotatable bonds is 3. The van der Waals surface area contributed by atoms with Gasteiger partial charge in [-0.15, -0.1) is 11.8 Å². The van der Waals surface area contributed by atoms with Gasteiger partial charge in [-0.25, -0.2) is 4.98 Å². The van der Waals surface area contributed by atoms with Crippen LogP contribution in [-0.2, 0) is 13.0 Å². The lowest BCUT2D eigenvalue weighted by atomic mass is 10.2. The highest BCUT2D eigenvalue weighted by atomic mass is 35.5. The van der Waals surface area contributed by atoms with Gasteiger partial charge in [-0.05, 0) is 29.3 Å². The van der Waals surface area contributed by atoms with Crippen molar-refractivity contribution in [2.45, 2.75) is 17.9 Å². The van der Waals surface area contributed by atoms with Gasteiger partial charge >= 0.3 is 0 Å². The van der Waals surface area contributed by atoms with Gasteiger partial charge in [0, 0.05) is 17.9 Å². The largest absolute Gasteiger partial charge is 0.392 e. The predicted octanol–water partition coefficient (Wildman–Crippen LogP) is 3.01. The molecule has 1 aliphatic rings. The fraction of sp³-hybridized carbons (Fsp3) is 0.231. The van der Waals surface area contributed by atoms with Crippen molar-refractivity contribution >= 4 is 34.9 Å². The lowest BCUT2D eigenvalue weighted by molar-refractivity contribution is 0.282. The first-order valence-corrected chi connectivity index (χ1v) is 7.28. The van der Waals surface area contributed by atoms with Crippen molar-refractivity contribution in [3.05, 3.63) is 40.8 Å². The minimum absolute atomic E-state index is 0.0465. The van der Waals surface area contributed by atoms with Crippen molar-refractivity contribution in [2.75, 3.05) is 11.1 Å². The summed E-state index contributed by atoms with van der Waals surface area (Å²) < 4.78 is 0. The molecule has 0 spiro atoms. The Morgan fingerprint density at radius 1 is 1.26 bits per heavy atom. The molecule has 6 heteroatoms. The SMILES string of the molecule is OCc1ccc(Nc2nc(Cl)nc3c2SCC3)cc1. The van der Waals surface area contributed by atoms with Crippen LogP contribution in [0.3, 0.4) is 0 Å². The summed E-state index contributed by atoms with van der Waals surface area (Å²) in [5, 5.41) is 12.6. The molecule has 98 valence electrons. The zero-order valence-electron chi connectivity index (χ0n) is 10.1. The molecule has 2 aromatic rings. The van der Waals surface area contributed by atoms with Crippen LogP contribution in [0.5, 0.6) is 0 Å². The van der Waals surface area contributed by atoms with Crippen molar-refractivity contribution in [3.63, 3.8) is 0 Å². The predicted molar refractivity (Wildman–Crippen MR) is 77.1 cm³/mol. The number of aromatic nitrogens is 2. The molecule has 0 amide bonds. The van der Waals surface area contributed by atoms with Gasteiger partial charge in [0.05, 0.1) is 17.2 Å². The van der Waals surface area contributed by atoms with Crippen LogP contribution in [0, 0.1) is 0 Å². The molecule has 0 saturated heterocycles. The van der Waals surface area contributed by atoms with Crippen molar-refractivity contribution in [3.8, 4) is 0 Å². The van der Waals surface area contributed by atoms with Gasteiger partial charge in [0.25, 0.3) is 0 Å². The molecule has 0 atom stereocenters. The summed E-state index contributed by atoms with van der Waals surface area (Å²) in [5.41, 5.74) is 2.81. The second-order valence-electron chi connectivity index (χ2n) is 4.20. The number of nitrogens with zero attached hydrogens (tertiary/aromatic N) is 2.